The number of hydrogen-bond donors (Lipinski definition) is 0. The molecule has 0 aromatic heterocycles. The normalized spacial score (nSPS) is 8.36. The van der Waals surface area contributed by atoms with Gasteiger partial charge in [-0.25, -0.2) is 0 Å². The van der Waals surface area contributed by atoms with Gasteiger partial charge in [0.25, 0.3) is 0 Å². The molecule has 11 heavy (non-hydrogen) atoms. The third-order valence-corrected chi connectivity index (χ3v) is 1.67. The molecule has 1 aromatic rings. The molecule has 0 saturated heterocycles. The Morgan fingerprint density at radius 3 is 2.36 bits per heavy atom. The lowest BCUT2D eigenvalue weighted by atomic mass is 10.1. The molecule has 0 aliphatic heterocycles. The molecule has 0 fully saturated rings. The van der Waals surface area contributed by atoms with Gasteiger partial charge < -0.3 is 0 Å². The fraction of sp³-hybridized carbons (Fsp3) is 0. The molecule has 1 heteroatoms. The lowest BCUT2D eigenvalue weighted by Crippen LogP contribution is -1.74. The second kappa shape index (κ2) is 3.80. The van der Waals surface area contributed by atoms with Crippen LogP contribution in [0.15, 0.2) is 30.8 Å². The van der Waals surface area contributed by atoms with Gasteiger partial charge in [-0.3, -0.25) is 0 Å². The van der Waals surface area contributed by atoms with E-state index in [1.165, 1.54) is 0 Å². The number of rotatable bonds is 1. The summed E-state index contributed by atoms with van der Waals surface area (Å²) in [5.41, 5.74) is 5.22. The predicted molar refractivity (Wildman–Crippen MR) is 53.4 cm³/mol. The van der Waals surface area contributed by atoms with E-state index in [9.17, 15) is 0 Å². The Morgan fingerprint density at radius 1 is 1.27 bits per heavy atom. The van der Waals surface area contributed by atoms with Crippen LogP contribution in [0.3, 0.4) is 0 Å². The summed E-state index contributed by atoms with van der Waals surface area (Å²) in [5, 5.41) is 0. The quantitative estimate of drug-likeness (QED) is 0.422. The zero-order valence-electron chi connectivity index (χ0n) is 6.59. The van der Waals surface area contributed by atoms with Gasteiger partial charge in [0.15, 0.2) is 0 Å². The maximum absolute atomic E-state index is 3.68. The van der Waals surface area contributed by atoms with Crippen molar-refractivity contribution in [2.24, 2.45) is 0 Å². The minimum atomic E-state index is 0.942. The fourth-order valence-electron chi connectivity index (χ4n) is 0.847. The maximum Gasteiger partial charge on any atom is 0.0911 e. The molecule has 1 rings (SSSR count). The molecule has 0 heterocycles. The van der Waals surface area contributed by atoms with Crippen LogP contribution in [-0.4, -0.2) is 10.2 Å². The summed E-state index contributed by atoms with van der Waals surface area (Å²) < 4.78 is 0. The van der Waals surface area contributed by atoms with Crippen LogP contribution in [0.1, 0.15) is 11.1 Å². The minimum Gasteiger partial charge on any atom is -0.138 e. The second-order valence-electron chi connectivity index (χ2n) is 2.20. The summed E-state index contributed by atoms with van der Waals surface area (Å²) in [6.45, 7) is 3.68. The van der Waals surface area contributed by atoms with Crippen molar-refractivity contribution in [1.29, 1.82) is 0 Å². The molecule has 0 amide bonds. The van der Waals surface area contributed by atoms with Crippen molar-refractivity contribution >= 4 is 16.3 Å². The highest BCUT2D eigenvalue weighted by Gasteiger charge is 1.85. The van der Waals surface area contributed by atoms with E-state index in [-0.39, 0.29) is 0 Å². The largest absolute Gasteiger partial charge is 0.138 e. The Balaban J connectivity index is 2.97. The summed E-state index contributed by atoms with van der Waals surface area (Å²) in [4.78, 5) is 0. The summed E-state index contributed by atoms with van der Waals surface area (Å²) >= 11 is 0. The molecule has 0 aliphatic rings. The van der Waals surface area contributed by atoms with Gasteiger partial charge in [-0.1, -0.05) is 30.7 Å². The number of hydrogen-bond acceptors (Lipinski definition) is 0. The van der Waals surface area contributed by atoms with Crippen LogP contribution in [0.4, 0.5) is 0 Å². The van der Waals surface area contributed by atoms with Crippen LogP contribution in [0, 0.1) is 11.5 Å². The Morgan fingerprint density at radius 2 is 1.91 bits per heavy atom. The van der Waals surface area contributed by atoms with E-state index in [1.807, 2.05) is 30.3 Å². The molecular formula is C10H10Si. The van der Waals surface area contributed by atoms with Crippen LogP contribution in [-0.2, 0) is 0 Å². The average Bonchev–Trinajstić information content (AvgIpc) is 2.07. The summed E-state index contributed by atoms with van der Waals surface area (Å²) in [5.74, 6) is 3.04. The highest BCUT2D eigenvalue weighted by atomic mass is 28.1. The zero-order chi connectivity index (χ0) is 8.10. The Kier molecular flexibility index (Phi) is 2.71. The van der Waals surface area contributed by atoms with E-state index in [1.54, 1.807) is 0 Å². The lowest BCUT2D eigenvalue weighted by Gasteiger charge is -1.91. The highest BCUT2D eigenvalue weighted by Crippen LogP contribution is 2.03. The predicted octanol–water partition coefficient (Wildman–Crippen LogP) is 1.00. The molecule has 0 N–H and O–H groups in total. The standard InChI is InChI=1S/C10H10Si/c1-2-9-3-5-10(6-4-9)7-8-11/h2-6H,1H2,11H3. The van der Waals surface area contributed by atoms with E-state index in [2.05, 4.69) is 18.0 Å². The van der Waals surface area contributed by atoms with Crippen LogP contribution in [0.25, 0.3) is 6.08 Å². The summed E-state index contributed by atoms with van der Waals surface area (Å²) in [6, 6.07) is 8.08. The van der Waals surface area contributed by atoms with Crippen molar-refractivity contribution in [2.75, 3.05) is 0 Å². The van der Waals surface area contributed by atoms with Gasteiger partial charge in [0, 0.05) is 5.56 Å². The number of benzene rings is 1. The van der Waals surface area contributed by atoms with Crippen molar-refractivity contribution in [3.05, 3.63) is 42.0 Å². The van der Waals surface area contributed by atoms with Gasteiger partial charge >= 0.3 is 0 Å². The van der Waals surface area contributed by atoms with E-state index >= 15 is 0 Å². The molecule has 0 aliphatic carbocycles. The third kappa shape index (κ3) is 2.10. The fourth-order valence-corrected chi connectivity index (χ4v) is 1.14. The maximum atomic E-state index is 3.68. The van der Waals surface area contributed by atoms with Gasteiger partial charge in [-0.05, 0) is 17.7 Å². The second-order valence-corrected chi connectivity index (χ2v) is 2.70. The van der Waals surface area contributed by atoms with Gasteiger partial charge in [0.1, 0.15) is 0 Å². The SMILES string of the molecule is C=Cc1ccc(C#C[SiH3])cc1. The molecule has 0 bridgehead atoms. The Hall–Kier alpha value is -1.26. The first-order valence-corrected chi connectivity index (χ1v) is 4.52. The van der Waals surface area contributed by atoms with Crippen LogP contribution in [0.2, 0.25) is 0 Å². The molecule has 0 radical (unpaired) electrons. The van der Waals surface area contributed by atoms with E-state index in [4.69, 9.17) is 0 Å². The molecule has 54 valence electrons. The Labute approximate surface area is 70.4 Å². The first-order valence-electron chi connectivity index (χ1n) is 3.52. The van der Waals surface area contributed by atoms with Crippen molar-refractivity contribution < 1.29 is 0 Å². The zero-order valence-corrected chi connectivity index (χ0v) is 8.59. The van der Waals surface area contributed by atoms with Crippen LogP contribution in [0.5, 0.6) is 0 Å². The average molecular weight is 158 g/mol. The van der Waals surface area contributed by atoms with Crippen molar-refractivity contribution in [3.63, 3.8) is 0 Å². The van der Waals surface area contributed by atoms with Crippen molar-refractivity contribution in [1.82, 2.24) is 0 Å². The van der Waals surface area contributed by atoms with E-state index in [0.29, 0.717) is 0 Å². The van der Waals surface area contributed by atoms with Gasteiger partial charge in [-0.15, -0.1) is 5.54 Å². The highest BCUT2D eigenvalue weighted by molar-refractivity contribution is 6.22. The molecule has 0 nitrogen and oxygen atoms in total. The van der Waals surface area contributed by atoms with Crippen LogP contribution < -0.4 is 0 Å². The van der Waals surface area contributed by atoms with Gasteiger partial charge in [-0.2, -0.15) is 0 Å². The molecular weight excluding hydrogens is 148 g/mol. The van der Waals surface area contributed by atoms with Gasteiger partial charge in [0.2, 0.25) is 0 Å². The molecule has 0 spiro atoms. The van der Waals surface area contributed by atoms with Crippen molar-refractivity contribution in [2.45, 2.75) is 0 Å². The molecule has 0 saturated carbocycles. The van der Waals surface area contributed by atoms with Crippen LogP contribution >= 0.6 is 0 Å². The van der Waals surface area contributed by atoms with Gasteiger partial charge in [0.05, 0.1) is 10.2 Å². The third-order valence-electron chi connectivity index (χ3n) is 1.42. The Bertz CT molecular complexity index is 298. The van der Waals surface area contributed by atoms with E-state index < -0.39 is 0 Å². The first kappa shape index (κ1) is 7.84. The topological polar surface area (TPSA) is 0 Å². The minimum absolute atomic E-state index is 0.942. The summed E-state index contributed by atoms with van der Waals surface area (Å²) in [6.07, 6.45) is 1.83. The molecule has 0 atom stereocenters. The smallest absolute Gasteiger partial charge is 0.0911 e. The van der Waals surface area contributed by atoms with Crippen molar-refractivity contribution in [3.8, 4) is 11.5 Å². The molecule has 1 aromatic carbocycles. The summed E-state index contributed by atoms with van der Waals surface area (Å²) in [7, 11) is 0.942. The lowest BCUT2D eigenvalue weighted by molar-refractivity contribution is 1.62. The molecule has 0 unspecified atom stereocenters. The first-order chi connectivity index (χ1) is 5.36. The monoisotopic (exact) mass is 158 g/mol. The van der Waals surface area contributed by atoms with E-state index in [0.717, 1.165) is 21.4 Å².